The number of rotatable bonds is 6. The summed E-state index contributed by atoms with van der Waals surface area (Å²) in [5.41, 5.74) is 6.93. The second kappa shape index (κ2) is 6.71. The van der Waals surface area contributed by atoms with Crippen molar-refractivity contribution < 1.29 is 0 Å². The Kier molecular flexibility index (Phi) is 4.97. The first-order chi connectivity index (χ1) is 9.63. The van der Waals surface area contributed by atoms with Crippen molar-refractivity contribution in [2.75, 3.05) is 0 Å². The molecule has 0 aromatic carbocycles. The van der Waals surface area contributed by atoms with Crippen molar-refractivity contribution in [3.05, 3.63) is 40.6 Å². The van der Waals surface area contributed by atoms with E-state index in [0.29, 0.717) is 11.7 Å². The van der Waals surface area contributed by atoms with Crippen molar-refractivity contribution >= 4 is 11.8 Å². The predicted molar refractivity (Wildman–Crippen MR) is 79.6 cm³/mol. The molecular formula is C13H19N5OS. The summed E-state index contributed by atoms with van der Waals surface area (Å²) >= 11 is 1.49. The SMILES string of the molecule is CCCn1c(SC(c2cccnc2)C(C)N)n[nH]c1=O. The predicted octanol–water partition coefficient (Wildman–Crippen LogP) is 1.56. The van der Waals surface area contributed by atoms with Crippen LogP contribution in [-0.4, -0.2) is 25.8 Å². The van der Waals surface area contributed by atoms with E-state index in [9.17, 15) is 4.79 Å². The molecule has 108 valence electrons. The van der Waals surface area contributed by atoms with Crippen LogP contribution in [0, 0.1) is 0 Å². The van der Waals surface area contributed by atoms with Gasteiger partial charge in [-0.25, -0.2) is 9.89 Å². The van der Waals surface area contributed by atoms with Gasteiger partial charge in [0.2, 0.25) is 0 Å². The second-order valence-corrected chi connectivity index (χ2v) is 5.76. The van der Waals surface area contributed by atoms with E-state index in [1.54, 1.807) is 17.0 Å². The number of hydrogen-bond donors (Lipinski definition) is 2. The molecule has 3 N–H and O–H groups in total. The van der Waals surface area contributed by atoms with E-state index < -0.39 is 0 Å². The van der Waals surface area contributed by atoms with Gasteiger partial charge < -0.3 is 5.73 Å². The fourth-order valence-electron chi connectivity index (χ4n) is 1.95. The Labute approximate surface area is 121 Å². The van der Waals surface area contributed by atoms with Gasteiger partial charge in [0.05, 0.1) is 5.25 Å². The highest BCUT2D eigenvalue weighted by Gasteiger charge is 2.21. The number of nitrogens with one attached hydrogen (secondary N) is 1. The van der Waals surface area contributed by atoms with Crippen LogP contribution in [-0.2, 0) is 6.54 Å². The number of aromatic amines is 1. The third-order valence-corrected chi connectivity index (χ3v) is 4.37. The van der Waals surface area contributed by atoms with Crippen molar-refractivity contribution in [1.82, 2.24) is 19.7 Å². The lowest BCUT2D eigenvalue weighted by atomic mass is 10.1. The molecule has 0 bridgehead atoms. The molecular weight excluding hydrogens is 274 g/mol. The Morgan fingerprint density at radius 2 is 2.35 bits per heavy atom. The highest BCUT2D eigenvalue weighted by Crippen LogP contribution is 2.35. The molecule has 0 saturated heterocycles. The van der Waals surface area contributed by atoms with Gasteiger partial charge in [0.25, 0.3) is 0 Å². The third-order valence-electron chi connectivity index (χ3n) is 2.89. The maximum absolute atomic E-state index is 11.7. The van der Waals surface area contributed by atoms with Crippen LogP contribution in [0.2, 0.25) is 0 Å². The number of nitrogens with zero attached hydrogens (tertiary/aromatic N) is 3. The Morgan fingerprint density at radius 1 is 1.55 bits per heavy atom. The average Bonchev–Trinajstić information content (AvgIpc) is 2.78. The Hall–Kier alpha value is -1.60. The Morgan fingerprint density at radius 3 is 2.95 bits per heavy atom. The van der Waals surface area contributed by atoms with Gasteiger partial charge in [-0.15, -0.1) is 5.10 Å². The van der Waals surface area contributed by atoms with Gasteiger partial charge in [0, 0.05) is 25.0 Å². The number of H-pyrrole nitrogens is 1. The number of nitrogens with two attached hydrogens (primary N) is 1. The highest BCUT2D eigenvalue weighted by atomic mass is 32.2. The summed E-state index contributed by atoms with van der Waals surface area (Å²) in [7, 11) is 0. The summed E-state index contributed by atoms with van der Waals surface area (Å²) in [6.45, 7) is 4.62. The summed E-state index contributed by atoms with van der Waals surface area (Å²) in [4.78, 5) is 15.8. The summed E-state index contributed by atoms with van der Waals surface area (Å²) in [5, 5.41) is 7.27. The van der Waals surface area contributed by atoms with Crippen molar-refractivity contribution in [2.24, 2.45) is 5.73 Å². The van der Waals surface area contributed by atoms with Gasteiger partial charge in [-0.2, -0.15) is 0 Å². The first kappa shape index (κ1) is 14.8. The molecule has 6 nitrogen and oxygen atoms in total. The Balaban J connectivity index is 2.28. The zero-order chi connectivity index (χ0) is 14.5. The summed E-state index contributed by atoms with van der Waals surface area (Å²) < 4.78 is 1.65. The van der Waals surface area contributed by atoms with E-state index in [1.807, 2.05) is 26.0 Å². The second-order valence-electron chi connectivity index (χ2n) is 4.65. The summed E-state index contributed by atoms with van der Waals surface area (Å²) in [6.07, 6.45) is 4.41. The lowest BCUT2D eigenvalue weighted by Crippen LogP contribution is -2.24. The van der Waals surface area contributed by atoms with Crippen LogP contribution in [0.5, 0.6) is 0 Å². The molecule has 0 radical (unpaired) electrons. The molecule has 0 aliphatic heterocycles. The van der Waals surface area contributed by atoms with E-state index in [2.05, 4.69) is 15.2 Å². The van der Waals surface area contributed by atoms with Crippen molar-refractivity contribution in [3.63, 3.8) is 0 Å². The smallest absolute Gasteiger partial charge is 0.327 e. The van der Waals surface area contributed by atoms with Crippen LogP contribution in [0.25, 0.3) is 0 Å². The Bertz CT molecular complexity index is 592. The van der Waals surface area contributed by atoms with Crippen LogP contribution in [0.15, 0.2) is 34.5 Å². The molecule has 0 fully saturated rings. The summed E-state index contributed by atoms with van der Waals surface area (Å²) in [6, 6.07) is 3.80. The molecule has 2 aromatic heterocycles. The molecule has 2 unspecified atom stereocenters. The molecule has 2 atom stereocenters. The molecule has 0 aliphatic rings. The molecule has 20 heavy (non-hydrogen) atoms. The van der Waals surface area contributed by atoms with Gasteiger partial charge in [-0.1, -0.05) is 24.8 Å². The standard InChI is InChI=1S/C13H19N5OS/c1-3-7-18-12(19)16-17-13(18)20-11(9(2)14)10-5-4-6-15-8-10/h4-6,8-9,11H,3,7,14H2,1-2H3,(H,16,19). The topological polar surface area (TPSA) is 89.6 Å². The van der Waals surface area contributed by atoms with E-state index in [4.69, 9.17) is 5.73 Å². The molecule has 0 spiro atoms. The highest BCUT2D eigenvalue weighted by molar-refractivity contribution is 7.99. The maximum atomic E-state index is 11.7. The monoisotopic (exact) mass is 293 g/mol. The van der Waals surface area contributed by atoms with E-state index in [0.717, 1.165) is 12.0 Å². The molecule has 2 aromatic rings. The van der Waals surface area contributed by atoms with Crippen molar-refractivity contribution in [3.8, 4) is 0 Å². The van der Waals surface area contributed by atoms with E-state index in [1.165, 1.54) is 11.8 Å². The number of aromatic nitrogens is 4. The molecule has 2 heterocycles. The largest absolute Gasteiger partial charge is 0.343 e. The minimum Gasteiger partial charge on any atom is -0.327 e. The zero-order valence-electron chi connectivity index (χ0n) is 11.6. The van der Waals surface area contributed by atoms with Gasteiger partial charge >= 0.3 is 5.69 Å². The minimum atomic E-state index is -0.177. The molecule has 2 rings (SSSR count). The van der Waals surface area contributed by atoms with E-state index in [-0.39, 0.29) is 17.0 Å². The molecule has 0 amide bonds. The van der Waals surface area contributed by atoms with Crippen molar-refractivity contribution in [2.45, 2.75) is 43.3 Å². The fourth-order valence-corrected chi connectivity index (χ4v) is 3.07. The van der Waals surface area contributed by atoms with Crippen LogP contribution >= 0.6 is 11.8 Å². The zero-order valence-corrected chi connectivity index (χ0v) is 12.4. The number of pyridine rings is 1. The van der Waals surface area contributed by atoms with Crippen LogP contribution in [0.1, 0.15) is 31.1 Å². The first-order valence-corrected chi connectivity index (χ1v) is 7.48. The number of thioether (sulfide) groups is 1. The molecule has 0 aliphatic carbocycles. The van der Waals surface area contributed by atoms with Gasteiger partial charge in [0.1, 0.15) is 0 Å². The van der Waals surface area contributed by atoms with Gasteiger partial charge in [-0.05, 0) is 25.0 Å². The van der Waals surface area contributed by atoms with Gasteiger partial charge in [0.15, 0.2) is 5.16 Å². The average molecular weight is 293 g/mol. The number of hydrogen-bond acceptors (Lipinski definition) is 5. The van der Waals surface area contributed by atoms with Crippen molar-refractivity contribution in [1.29, 1.82) is 0 Å². The molecule has 0 saturated carbocycles. The normalized spacial score (nSPS) is 14.2. The minimum absolute atomic E-state index is 0.00880. The van der Waals surface area contributed by atoms with Gasteiger partial charge in [-0.3, -0.25) is 9.55 Å². The summed E-state index contributed by atoms with van der Waals surface area (Å²) in [5.74, 6) is 0. The van der Waals surface area contributed by atoms with E-state index >= 15 is 0 Å². The van der Waals surface area contributed by atoms with Crippen LogP contribution < -0.4 is 11.4 Å². The van der Waals surface area contributed by atoms with Crippen LogP contribution in [0.4, 0.5) is 0 Å². The maximum Gasteiger partial charge on any atom is 0.343 e. The quantitative estimate of drug-likeness (QED) is 0.789. The fraction of sp³-hybridized carbons (Fsp3) is 0.462. The lowest BCUT2D eigenvalue weighted by molar-refractivity contribution is 0.600. The van der Waals surface area contributed by atoms with Crippen LogP contribution in [0.3, 0.4) is 0 Å². The first-order valence-electron chi connectivity index (χ1n) is 6.60. The molecule has 7 heteroatoms. The third kappa shape index (κ3) is 3.29. The lowest BCUT2D eigenvalue weighted by Gasteiger charge is -2.19.